The van der Waals surface area contributed by atoms with Gasteiger partial charge in [-0.2, -0.15) is 0 Å². The van der Waals surface area contributed by atoms with E-state index in [1.165, 1.54) is 4.57 Å². The SMILES string of the molecule is Cn1cc(Br)nc(Nc2ccc(C(=O)N3CCN(C(=O)OC(C)(C)C)CC3)cc2)c1=O. The second kappa shape index (κ2) is 9.09. The van der Waals surface area contributed by atoms with Crippen molar-refractivity contribution in [1.29, 1.82) is 0 Å². The summed E-state index contributed by atoms with van der Waals surface area (Å²) in [6.45, 7) is 7.22. The van der Waals surface area contributed by atoms with E-state index >= 15 is 0 Å². The van der Waals surface area contributed by atoms with E-state index in [2.05, 4.69) is 26.2 Å². The molecule has 3 rings (SSSR count). The number of rotatable bonds is 3. The van der Waals surface area contributed by atoms with Gasteiger partial charge in [-0.1, -0.05) is 0 Å². The summed E-state index contributed by atoms with van der Waals surface area (Å²) < 4.78 is 7.35. The number of benzene rings is 1. The Labute approximate surface area is 189 Å². The molecule has 1 fully saturated rings. The molecule has 1 N–H and O–H groups in total. The smallest absolute Gasteiger partial charge is 0.410 e. The molecular formula is C21H26BrN5O4. The first kappa shape index (κ1) is 22.8. The highest BCUT2D eigenvalue weighted by atomic mass is 79.9. The Hall–Kier alpha value is -2.88. The van der Waals surface area contributed by atoms with Gasteiger partial charge in [-0.15, -0.1) is 0 Å². The van der Waals surface area contributed by atoms with Gasteiger partial charge in [0.15, 0.2) is 5.82 Å². The predicted molar refractivity (Wildman–Crippen MR) is 121 cm³/mol. The lowest BCUT2D eigenvalue weighted by atomic mass is 10.1. The Morgan fingerprint density at radius 1 is 1.06 bits per heavy atom. The van der Waals surface area contributed by atoms with Gasteiger partial charge in [0.05, 0.1) is 0 Å². The van der Waals surface area contributed by atoms with Crippen molar-refractivity contribution in [2.45, 2.75) is 26.4 Å². The van der Waals surface area contributed by atoms with Crippen molar-refractivity contribution in [2.75, 3.05) is 31.5 Å². The Bertz CT molecular complexity index is 1020. The van der Waals surface area contributed by atoms with Gasteiger partial charge in [-0.3, -0.25) is 9.59 Å². The molecule has 1 saturated heterocycles. The molecule has 166 valence electrons. The highest BCUT2D eigenvalue weighted by molar-refractivity contribution is 9.10. The van der Waals surface area contributed by atoms with Crippen molar-refractivity contribution < 1.29 is 14.3 Å². The van der Waals surface area contributed by atoms with Crippen LogP contribution in [0.25, 0.3) is 0 Å². The molecule has 1 aromatic carbocycles. The predicted octanol–water partition coefficient (Wildman–Crippen LogP) is 2.98. The second-order valence-corrected chi connectivity index (χ2v) is 9.10. The van der Waals surface area contributed by atoms with Gasteiger partial charge in [0.1, 0.15) is 10.2 Å². The van der Waals surface area contributed by atoms with Crippen LogP contribution in [-0.4, -0.2) is 63.1 Å². The molecular weight excluding hydrogens is 466 g/mol. The zero-order valence-corrected chi connectivity index (χ0v) is 19.6. The molecule has 0 aliphatic carbocycles. The summed E-state index contributed by atoms with van der Waals surface area (Å²) in [6.07, 6.45) is 1.22. The molecule has 31 heavy (non-hydrogen) atoms. The zero-order chi connectivity index (χ0) is 22.8. The first-order chi connectivity index (χ1) is 14.5. The summed E-state index contributed by atoms with van der Waals surface area (Å²) in [6, 6.07) is 6.86. The molecule has 2 heterocycles. The molecule has 10 heteroatoms. The molecule has 0 atom stereocenters. The molecule has 0 radical (unpaired) electrons. The van der Waals surface area contributed by atoms with Gasteiger partial charge in [-0.25, -0.2) is 9.78 Å². The lowest BCUT2D eigenvalue weighted by Gasteiger charge is -2.35. The first-order valence-corrected chi connectivity index (χ1v) is 10.7. The third-order valence-corrected chi connectivity index (χ3v) is 5.04. The minimum absolute atomic E-state index is 0.105. The van der Waals surface area contributed by atoms with Gasteiger partial charge in [0, 0.05) is 50.7 Å². The minimum Gasteiger partial charge on any atom is -0.444 e. The fourth-order valence-electron chi connectivity index (χ4n) is 3.08. The number of aromatic nitrogens is 2. The summed E-state index contributed by atoms with van der Waals surface area (Å²) >= 11 is 3.27. The average molecular weight is 492 g/mol. The lowest BCUT2D eigenvalue weighted by molar-refractivity contribution is 0.0141. The van der Waals surface area contributed by atoms with Crippen LogP contribution in [0.2, 0.25) is 0 Å². The summed E-state index contributed by atoms with van der Waals surface area (Å²) in [5, 5.41) is 2.98. The van der Waals surface area contributed by atoms with Crippen molar-refractivity contribution in [3.63, 3.8) is 0 Å². The van der Waals surface area contributed by atoms with Gasteiger partial charge in [-0.05, 0) is 61.0 Å². The number of carbonyl (C=O) groups is 2. The zero-order valence-electron chi connectivity index (χ0n) is 18.0. The molecule has 0 bridgehead atoms. The van der Waals surface area contributed by atoms with Crippen LogP contribution in [0.3, 0.4) is 0 Å². The second-order valence-electron chi connectivity index (χ2n) is 8.29. The fourth-order valence-corrected chi connectivity index (χ4v) is 3.57. The Balaban J connectivity index is 1.60. The highest BCUT2D eigenvalue weighted by Crippen LogP contribution is 2.17. The molecule has 1 aliphatic rings. The number of hydrogen-bond acceptors (Lipinski definition) is 6. The molecule has 2 aromatic rings. The Morgan fingerprint density at radius 2 is 1.65 bits per heavy atom. The number of ether oxygens (including phenoxy) is 1. The van der Waals surface area contributed by atoms with Crippen LogP contribution in [0.4, 0.5) is 16.3 Å². The number of anilines is 2. The van der Waals surface area contributed by atoms with Gasteiger partial charge in [0.2, 0.25) is 0 Å². The fraction of sp³-hybridized carbons (Fsp3) is 0.429. The number of carbonyl (C=O) groups excluding carboxylic acids is 2. The standard InChI is InChI=1S/C21H26BrN5O4/c1-21(2,3)31-20(30)27-11-9-26(10-12-27)18(28)14-5-7-15(8-6-14)23-17-19(29)25(4)13-16(22)24-17/h5-8,13H,9-12H2,1-4H3,(H,23,24). The van der Waals surface area contributed by atoms with Gasteiger partial charge in [0.25, 0.3) is 11.5 Å². The van der Waals surface area contributed by atoms with E-state index in [1.807, 2.05) is 20.8 Å². The minimum atomic E-state index is -0.546. The monoisotopic (exact) mass is 491 g/mol. The third kappa shape index (κ3) is 5.84. The quantitative estimate of drug-likeness (QED) is 0.708. The molecule has 1 aromatic heterocycles. The maximum atomic E-state index is 12.8. The van der Waals surface area contributed by atoms with E-state index in [0.29, 0.717) is 42.0 Å². The van der Waals surface area contributed by atoms with Crippen molar-refractivity contribution >= 4 is 39.4 Å². The number of nitrogens with one attached hydrogen (secondary N) is 1. The summed E-state index contributed by atoms with van der Waals surface area (Å²) in [7, 11) is 1.64. The van der Waals surface area contributed by atoms with Gasteiger partial charge >= 0.3 is 6.09 Å². The largest absolute Gasteiger partial charge is 0.444 e. The number of hydrogen-bond donors (Lipinski definition) is 1. The number of amides is 2. The average Bonchev–Trinajstić information content (AvgIpc) is 2.70. The van der Waals surface area contributed by atoms with Crippen LogP contribution in [-0.2, 0) is 11.8 Å². The number of piperazine rings is 1. The van der Waals surface area contributed by atoms with E-state index in [1.54, 1.807) is 47.3 Å². The van der Waals surface area contributed by atoms with Crippen LogP contribution in [0.5, 0.6) is 0 Å². The van der Waals surface area contributed by atoms with E-state index in [-0.39, 0.29) is 23.4 Å². The molecule has 0 saturated carbocycles. The van der Waals surface area contributed by atoms with E-state index in [9.17, 15) is 14.4 Å². The molecule has 2 amide bonds. The van der Waals surface area contributed by atoms with Crippen LogP contribution in [0.1, 0.15) is 31.1 Å². The maximum Gasteiger partial charge on any atom is 0.410 e. The van der Waals surface area contributed by atoms with E-state index < -0.39 is 5.60 Å². The molecule has 1 aliphatic heterocycles. The topological polar surface area (TPSA) is 96.8 Å². The number of halogens is 1. The Kier molecular flexibility index (Phi) is 6.68. The van der Waals surface area contributed by atoms with Crippen molar-refractivity contribution in [3.8, 4) is 0 Å². The van der Waals surface area contributed by atoms with Crippen LogP contribution >= 0.6 is 15.9 Å². The summed E-state index contributed by atoms with van der Waals surface area (Å²) in [4.78, 5) is 44.7. The number of aryl methyl sites for hydroxylation is 1. The lowest BCUT2D eigenvalue weighted by Crippen LogP contribution is -2.51. The maximum absolute atomic E-state index is 12.8. The van der Waals surface area contributed by atoms with Crippen LogP contribution < -0.4 is 10.9 Å². The van der Waals surface area contributed by atoms with Crippen LogP contribution in [0, 0.1) is 0 Å². The number of nitrogens with zero attached hydrogens (tertiary/aromatic N) is 4. The Morgan fingerprint density at radius 3 is 2.23 bits per heavy atom. The summed E-state index contributed by atoms with van der Waals surface area (Å²) in [5.74, 6) is 0.0844. The third-order valence-electron chi connectivity index (χ3n) is 4.65. The van der Waals surface area contributed by atoms with E-state index in [4.69, 9.17) is 4.74 Å². The molecule has 0 spiro atoms. The molecule has 0 unspecified atom stereocenters. The molecule has 9 nitrogen and oxygen atoms in total. The van der Waals surface area contributed by atoms with Crippen molar-refractivity contribution in [2.24, 2.45) is 7.05 Å². The van der Waals surface area contributed by atoms with Crippen molar-refractivity contribution in [3.05, 3.63) is 51.0 Å². The van der Waals surface area contributed by atoms with E-state index in [0.717, 1.165) is 0 Å². The summed E-state index contributed by atoms with van der Waals surface area (Å²) in [5.41, 5.74) is 0.377. The van der Waals surface area contributed by atoms with Gasteiger partial charge < -0.3 is 24.4 Å². The van der Waals surface area contributed by atoms with Crippen molar-refractivity contribution in [1.82, 2.24) is 19.4 Å². The normalized spacial score (nSPS) is 14.4. The van der Waals surface area contributed by atoms with Crippen LogP contribution in [0.15, 0.2) is 39.9 Å². The first-order valence-electron chi connectivity index (χ1n) is 9.91. The highest BCUT2D eigenvalue weighted by Gasteiger charge is 2.28.